The quantitative estimate of drug-likeness (QED) is 0.761. The third-order valence-corrected chi connectivity index (χ3v) is 5.07. The van der Waals surface area contributed by atoms with Gasteiger partial charge in [-0.15, -0.1) is 11.8 Å². The molecule has 1 aliphatic heterocycles. The van der Waals surface area contributed by atoms with E-state index in [9.17, 15) is 4.79 Å². The summed E-state index contributed by atoms with van der Waals surface area (Å²) in [5.41, 5.74) is 2.55. The lowest BCUT2D eigenvalue weighted by molar-refractivity contribution is 0.0931. The number of nitrogens with one attached hydrogen (secondary N) is 2. The molecule has 110 valence electrons. The van der Waals surface area contributed by atoms with Gasteiger partial charge in [-0.3, -0.25) is 9.89 Å². The number of nitrogens with zero attached hydrogens (tertiary/aromatic N) is 1. The highest BCUT2D eigenvalue weighted by molar-refractivity contribution is 7.99. The highest BCUT2D eigenvalue weighted by atomic mass is 32.2. The molecule has 0 saturated heterocycles. The zero-order valence-corrected chi connectivity index (χ0v) is 12.7. The monoisotopic (exact) mass is 309 g/mol. The van der Waals surface area contributed by atoms with Gasteiger partial charge in [-0.1, -0.05) is 36.4 Å². The van der Waals surface area contributed by atoms with Gasteiger partial charge in [-0.25, -0.2) is 0 Å². The standard InChI is InChI=1S/C17H15N3OS/c21-17(16-12-6-1-3-7-14(12)19-20-16)18-13-9-10-22-15-8-4-2-5-11(13)15/h1-8,13H,9-10H2,(H,18,21)(H,19,20)/t13-/m1/s1. The number of amides is 1. The van der Waals surface area contributed by atoms with Crippen molar-refractivity contribution in [2.75, 3.05) is 5.75 Å². The summed E-state index contributed by atoms with van der Waals surface area (Å²) in [5, 5.41) is 11.1. The van der Waals surface area contributed by atoms with Crippen molar-refractivity contribution in [2.24, 2.45) is 0 Å². The lowest BCUT2D eigenvalue weighted by atomic mass is 10.0. The number of carbonyl (C=O) groups is 1. The van der Waals surface area contributed by atoms with Crippen LogP contribution < -0.4 is 5.32 Å². The zero-order valence-electron chi connectivity index (χ0n) is 11.9. The number of aromatic nitrogens is 2. The van der Waals surface area contributed by atoms with Crippen LogP contribution in [-0.2, 0) is 0 Å². The summed E-state index contributed by atoms with van der Waals surface area (Å²) in [7, 11) is 0. The molecule has 22 heavy (non-hydrogen) atoms. The minimum atomic E-state index is -0.121. The first-order valence-corrected chi connectivity index (χ1v) is 8.27. The topological polar surface area (TPSA) is 57.8 Å². The number of aromatic amines is 1. The fraction of sp³-hybridized carbons (Fsp3) is 0.176. The molecular formula is C17H15N3OS. The average molecular weight is 309 g/mol. The first kappa shape index (κ1) is 13.4. The summed E-state index contributed by atoms with van der Waals surface area (Å²) in [5.74, 6) is 0.896. The Balaban J connectivity index is 1.63. The van der Waals surface area contributed by atoms with Gasteiger partial charge in [0.2, 0.25) is 0 Å². The van der Waals surface area contributed by atoms with Crippen molar-refractivity contribution in [1.29, 1.82) is 0 Å². The summed E-state index contributed by atoms with van der Waals surface area (Å²) in [4.78, 5) is 13.9. The van der Waals surface area contributed by atoms with Crippen molar-refractivity contribution in [3.8, 4) is 0 Å². The van der Waals surface area contributed by atoms with E-state index < -0.39 is 0 Å². The zero-order chi connectivity index (χ0) is 14.9. The third kappa shape index (κ3) is 2.27. The lowest BCUT2D eigenvalue weighted by Gasteiger charge is -2.25. The second-order valence-corrected chi connectivity index (χ2v) is 6.46. The van der Waals surface area contributed by atoms with Gasteiger partial charge in [0.25, 0.3) is 5.91 Å². The van der Waals surface area contributed by atoms with E-state index in [1.165, 1.54) is 10.5 Å². The van der Waals surface area contributed by atoms with Gasteiger partial charge in [0.1, 0.15) is 0 Å². The van der Waals surface area contributed by atoms with E-state index in [4.69, 9.17) is 0 Å². The number of fused-ring (bicyclic) bond motifs is 2. The van der Waals surface area contributed by atoms with Crippen LogP contribution in [0, 0.1) is 0 Å². The van der Waals surface area contributed by atoms with Gasteiger partial charge in [0, 0.05) is 16.0 Å². The fourth-order valence-electron chi connectivity index (χ4n) is 2.86. The molecule has 0 fully saturated rings. The summed E-state index contributed by atoms with van der Waals surface area (Å²) >= 11 is 1.85. The van der Waals surface area contributed by atoms with Crippen LogP contribution in [-0.4, -0.2) is 21.9 Å². The van der Waals surface area contributed by atoms with E-state index in [-0.39, 0.29) is 11.9 Å². The minimum absolute atomic E-state index is 0.0559. The number of H-pyrrole nitrogens is 1. The van der Waals surface area contributed by atoms with Crippen LogP contribution in [0.15, 0.2) is 53.4 Å². The van der Waals surface area contributed by atoms with Gasteiger partial charge >= 0.3 is 0 Å². The molecule has 4 nitrogen and oxygen atoms in total. The Morgan fingerprint density at radius 2 is 2.00 bits per heavy atom. The Morgan fingerprint density at radius 3 is 2.95 bits per heavy atom. The minimum Gasteiger partial charge on any atom is -0.344 e. The molecule has 1 amide bonds. The molecule has 4 rings (SSSR count). The van der Waals surface area contributed by atoms with Crippen LogP contribution in [0.25, 0.3) is 10.9 Å². The van der Waals surface area contributed by atoms with Crippen LogP contribution in [0.5, 0.6) is 0 Å². The molecule has 0 unspecified atom stereocenters. The van der Waals surface area contributed by atoms with E-state index in [1.54, 1.807) is 0 Å². The van der Waals surface area contributed by atoms with E-state index >= 15 is 0 Å². The Labute approximate surface area is 132 Å². The van der Waals surface area contributed by atoms with Gasteiger partial charge < -0.3 is 5.32 Å². The number of rotatable bonds is 2. The maximum atomic E-state index is 12.6. The van der Waals surface area contributed by atoms with E-state index in [0.29, 0.717) is 5.69 Å². The van der Waals surface area contributed by atoms with Crippen molar-refractivity contribution < 1.29 is 4.79 Å². The summed E-state index contributed by atoms with van der Waals surface area (Å²) in [6.45, 7) is 0. The highest BCUT2D eigenvalue weighted by Gasteiger charge is 2.24. The molecule has 5 heteroatoms. The number of hydrogen-bond acceptors (Lipinski definition) is 3. The van der Waals surface area contributed by atoms with Gasteiger partial charge in [-0.2, -0.15) is 5.10 Å². The van der Waals surface area contributed by atoms with Crippen LogP contribution in [0.4, 0.5) is 0 Å². The van der Waals surface area contributed by atoms with E-state index in [0.717, 1.165) is 23.1 Å². The molecule has 0 aliphatic carbocycles. The van der Waals surface area contributed by atoms with E-state index in [2.05, 4.69) is 27.6 Å². The molecule has 0 bridgehead atoms. The molecular weight excluding hydrogens is 294 g/mol. The smallest absolute Gasteiger partial charge is 0.272 e. The molecule has 1 aliphatic rings. The van der Waals surface area contributed by atoms with E-state index in [1.807, 2.05) is 48.2 Å². The van der Waals surface area contributed by atoms with Crippen LogP contribution in [0.3, 0.4) is 0 Å². The molecule has 2 aromatic carbocycles. The van der Waals surface area contributed by atoms with Gasteiger partial charge in [-0.05, 0) is 24.1 Å². The van der Waals surface area contributed by atoms with Crippen LogP contribution in [0.2, 0.25) is 0 Å². The SMILES string of the molecule is O=C(N[C@@H]1CCSc2ccccc21)c1n[nH]c2ccccc12. The second kappa shape index (κ2) is 5.50. The average Bonchev–Trinajstić information content (AvgIpc) is 2.99. The Hall–Kier alpha value is -2.27. The summed E-state index contributed by atoms with van der Waals surface area (Å²) < 4.78 is 0. The number of benzene rings is 2. The van der Waals surface area contributed by atoms with Crippen molar-refractivity contribution in [3.05, 3.63) is 59.8 Å². The summed E-state index contributed by atoms with van der Waals surface area (Å²) in [6, 6.07) is 16.0. The molecule has 0 saturated carbocycles. The lowest BCUT2D eigenvalue weighted by Crippen LogP contribution is -2.31. The van der Waals surface area contributed by atoms with Crippen molar-refractivity contribution in [1.82, 2.24) is 15.5 Å². The molecule has 1 aromatic heterocycles. The molecule has 2 N–H and O–H groups in total. The highest BCUT2D eigenvalue weighted by Crippen LogP contribution is 2.36. The largest absolute Gasteiger partial charge is 0.344 e. The molecule has 3 aromatic rings. The van der Waals surface area contributed by atoms with Crippen molar-refractivity contribution >= 4 is 28.6 Å². The van der Waals surface area contributed by atoms with Crippen molar-refractivity contribution in [3.63, 3.8) is 0 Å². The fourth-order valence-corrected chi connectivity index (χ4v) is 3.98. The van der Waals surface area contributed by atoms with Gasteiger partial charge in [0.05, 0.1) is 11.6 Å². The first-order chi connectivity index (χ1) is 10.8. The normalized spacial score (nSPS) is 17.2. The molecule has 0 spiro atoms. The number of para-hydroxylation sites is 1. The Bertz CT molecular complexity index is 843. The Kier molecular flexibility index (Phi) is 3.35. The van der Waals surface area contributed by atoms with Gasteiger partial charge in [0.15, 0.2) is 5.69 Å². The van der Waals surface area contributed by atoms with Crippen molar-refractivity contribution in [2.45, 2.75) is 17.4 Å². The maximum absolute atomic E-state index is 12.6. The Morgan fingerprint density at radius 1 is 1.18 bits per heavy atom. The summed E-state index contributed by atoms with van der Waals surface area (Å²) in [6.07, 6.45) is 0.940. The predicted molar refractivity (Wildman–Crippen MR) is 88.1 cm³/mol. The van der Waals surface area contributed by atoms with Crippen LogP contribution in [0.1, 0.15) is 28.5 Å². The first-order valence-electron chi connectivity index (χ1n) is 7.28. The molecule has 1 atom stereocenters. The maximum Gasteiger partial charge on any atom is 0.272 e. The number of carbonyl (C=O) groups excluding carboxylic acids is 1. The molecule has 2 heterocycles. The number of thioether (sulfide) groups is 1. The molecule has 0 radical (unpaired) electrons. The third-order valence-electron chi connectivity index (χ3n) is 3.95. The predicted octanol–water partition coefficient (Wildman–Crippen LogP) is 3.53. The number of hydrogen-bond donors (Lipinski definition) is 2. The second-order valence-electron chi connectivity index (χ2n) is 5.32. The van der Waals surface area contributed by atoms with Crippen LogP contribution >= 0.6 is 11.8 Å².